The molecule has 0 saturated heterocycles. The summed E-state index contributed by atoms with van der Waals surface area (Å²) in [6.07, 6.45) is 7.05. The number of anilines is 6. The lowest BCUT2D eigenvalue weighted by molar-refractivity contribution is 0.332. The minimum absolute atomic E-state index is 0.0209. The zero-order chi connectivity index (χ0) is 47.2. The lowest BCUT2D eigenvalue weighted by Gasteiger charge is -2.47. The molecule has 5 aliphatic rings. The van der Waals surface area contributed by atoms with E-state index in [2.05, 4.69) is 200 Å². The second-order valence-corrected chi connectivity index (χ2v) is 26.8. The van der Waals surface area contributed by atoms with Crippen molar-refractivity contribution in [2.75, 3.05) is 9.80 Å². The summed E-state index contributed by atoms with van der Waals surface area (Å²) < 4.78 is 7.69. The molecule has 3 nitrogen and oxygen atoms in total. The van der Waals surface area contributed by atoms with Crippen molar-refractivity contribution >= 4 is 68.4 Å². The SMILES string of the molecule is Cc1cc2c3c(c1)N(c1cc(C(C)(C)C)ccc1C)c1c(oc4cc5c(cc14)C(C)(C)CCC5(C)C)B3c1cc3c(cc1N2c1ccc2c(c1)C(C)(C)CCC2(C)C)C(C)(C)CCC3(C)C. The van der Waals surface area contributed by atoms with Crippen LogP contribution in [0.5, 0.6) is 0 Å². The van der Waals surface area contributed by atoms with E-state index in [0.29, 0.717) is 0 Å². The first-order valence-corrected chi connectivity index (χ1v) is 25.4. The van der Waals surface area contributed by atoms with Gasteiger partial charge in [0.05, 0.1) is 11.3 Å². The smallest absolute Gasteiger partial charge is 0.297 e. The minimum atomic E-state index is -0.0937. The molecule has 66 heavy (non-hydrogen) atoms. The van der Waals surface area contributed by atoms with E-state index in [1.165, 1.54) is 139 Å². The fourth-order valence-corrected chi connectivity index (χ4v) is 13.3. The summed E-state index contributed by atoms with van der Waals surface area (Å²) >= 11 is 0. The van der Waals surface area contributed by atoms with Crippen LogP contribution in [0, 0.1) is 13.8 Å². The van der Waals surface area contributed by atoms with Crippen molar-refractivity contribution in [1.82, 2.24) is 0 Å². The lowest BCUT2D eigenvalue weighted by Crippen LogP contribution is -2.61. The van der Waals surface area contributed by atoms with E-state index >= 15 is 0 Å². The molecule has 3 aliphatic carbocycles. The molecule has 6 aromatic rings. The summed E-state index contributed by atoms with van der Waals surface area (Å²) in [6.45, 7) is 41.1. The van der Waals surface area contributed by atoms with Crippen molar-refractivity contribution in [3.05, 3.63) is 123 Å². The molecule has 0 unspecified atom stereocenters. The van der Waals surface area contributed by atoms with Crippen molar-refractivity contribution < 1.29 is 4.42 Å². The fraction of sp³-hybridized carbons (Fsp3) is 0.484. The second-order valence-electron chi connectivity index (χ2n) is 26.8. The van der Waals surface area contributed by atoms with Gasteiger partial charge in [0.2, 0.25) is 0 Å². The summed E-state index contributed by atoms with van der Waals surface area (Å²) in [5.41, 5.74) is 25.5. The molecule has 0 spiro atoms. The van der Waals surface area contributed by atoms with Gasteiger partial charge in [-0.3, -0.25) is 0 Å². The highest BCUT2D eigenvalue weighted by molar-refractivity contribution is 7.00. The van der Waals surface area contributed by atoms with E-state index in [9.17, 15) is 0 Å². The van der Waals surface area contributed by atoms with Crippen LogP contribution in [0.1, 0.15) is 192 Å². The highest BCUT2D eigenvalue weighted by Crippen LogP contribution is 2.55. The summed E-state index contributed by atoms with van der Waals surface area (Å²) in [6, 6.07) is 30.0. The van der Waals surface area contributed by atoms with E-state index in [1.54, 1.807) is 0 Å². The van der Waals surface area contributed by atoms with Crippen LogP contribution in [0.3, 0.4) is 0 Å². The van der Waals surface area contributed by atoms with E-state index < -0.39 is 0 Å². The van der Waals surface area contributed by atoms with Crippen molar-refractivity contribution in [1.29, 1.82) is 0 Å². The van der Waals surface area contributed by atoms with Gasteiger partial charge in [0.25, 0.3) is 6.71 Å². The summed E-state index contributed by atoms with van der Waals surface area (Å²) in [4.78, 5) is 5.33. The number of fused-ring (bicyclic) bond motifs is 9. The predicted octanol–water partition coefficient (Wildman–Crippen LogP) is 15.5. The molecule has 11 rings (SSSR count). The molecule has 1 aromatic heterocycles. The van der Waals surface area contributed by atoms with E-state index in [1.807, 2.05) is 0 Å². The van der Waals surface area contributed by atoms with Gasteiger partial charge in [0.15, 0.2) is 0 Å². The van der Waals surface area contributed by atoms with Gasteiger partial charge in [-0.25, -0.2) is 0 Å². The van der Waals surface area contributed by atoms with Crippen LogP contribution in [0.15, 0.2) is 77.2 Å². The van der Waals surface area contributed by atoms with E-state index in [-0.39, 0.29) is 44.6 Å². The number of hydrogen-bond acceptors (Lipinski definition) is 3. The Bertz CT molecular complexity index is 3070. The first-order chi connectivity index (χ1) is 30.6. The lowest BCUT2D eigenvalue weighted by atomic mass is 9.35. The molecule has 0 amide bonds. The van der Waals surface area contributed by atoms with Gasteiger partial charge < -0.3 is 14.2 Å². The molecule has 2 aliphatic heterocycles. The highest BCUT2D eigenvalue weighted by Gasteiger charge is 2.50. The number of furan rings is 1. The van der Waals surface area contributed by atoms with Crippen LogP contribution in [-0.4, -0.2) is 6.71 Å². The Balaban J connectivity index is 1.29. The number of aryl methyl sites for hydroxylation is 2. The topological polar surface area (TPSA) is 19.6 Å². The first-order valence-electron chi connectivity index (χ1n) is 25.4. The van der Waals surface area contributed by atoms with E-state index in [4.69, 9.17) is 4.42 Å². The van der Waals surface area contributed by atoms with Gasteiger partial charge >= 0.3 is 0 Å². The molecule has 0 saturated carbocycles. The molecular formula is C62H75BN2O. The molecular weight excluding hydrogens is 800 g/mol. The van der Waals surface area contributed by atoms with Gasteiger partial charge in [0, 0.05) is 33.8 Å². The molecule has 0 radical (unpaired) electrons. The average Bonchev–Trinajstić information content (AvgIpc) is 3.60. The quantitative estimate of drug-likeness (QED) is 0.161. The Labute approximate surface area is 397 Å². The number of hydrogen-bond donors (Lipinski definition) is 0. The number of benzene rings is 5. The molecule has 0 N–H and O–H groups in total. The van der Waals surface area contributed by atoms with Gasteiger partial charge in [-0.1, -0.05) is 128 Å². The van der Waals surface area contributed by atoms with Crippen molar-refractivity contribution in [2.45, 2.75) is 194 Å². The molecule has 3 heterocycles. The third-order valence-electron chi connectivity index (χ3n) is 18.2. The second kappa shape index (κ2) is 13.5. The molecule has 4 heteroatoms. The third kappa shape index (κ3) is 6.20. The van der Waals surface area contributed by atoms with Crippen molar-refractivity contribution in [3.63, 3.8) is 0 Å². The molecule has 5 aromatic carbocycles. The van der Waals surface area contributed by atoms with Crippen LogP contribution in [-0.2, 0) is 37.9 Å². The van der Waals surface area contributed by atoms with Gasteiger partial charge in [0.1, 0.15) is 5.58 Å². The maximum absolute atomic E-state index is 7.69. The summed E-state index contributed by atoms with van der Waals surface area (Å²) in [5, 5.41) is 1.23. The maximum Gasteiger partial charge on any atom is 0.297 e. The summed E-state index contributed by atoms with van der Waals surface area (Å²) in [7, 11) is 0. The van der Waals surface area contributed by atoms with E-state index in [0.717, 1.165) is 11.2 Å². The van der Waals surface area contributed by atoms with Crippen LogP contribution in [0.2, 0.25) is 0 Å². The van der Waals surface area contributed by atoms with Gasteiger partial charge in [-0.2, -0.15) is 0 Å². The zero-order valence-electron chi connectivity index (χ0n) is 43.6. The maximum atomic E-state index is 7.69. The average molecular weight is 875 g/mol. The third-order valence-corrected chi connectivity index (χ3v) is 18.2. The monoisotopic (exact) mass is 875 g/mol. The van der Waals surface area contributed by atoms with Crippen molar-refractivity contribution in [3.8, 4) is 0 Å². The van der Waals surface area contributed by atoms with Crippen LogP contribution in [0.25, 0.3) is 11.0 Å². The van der Waals surface area contributed by atoms with Gasteiger partial charge in [-0.15, -0.1) is 0 Å². The zero-order valence-corrected chi connectivity index (χ0v) is 43.6. The van der Waals surface area contributed by atoms with Crippen molar-refractivity contribution in [2.24, 2.45) is 0 Å². The molecule has 0 bridgehead atoms. The standard InChI is InChI=1S/C62H75BN2O/c1-36-28-50-53-51(29-36)65(48-30-38(56(3,4)5)19-18-37(48)2)54-40-32-43-46(62(16,17)27-24-59(43,10)11)35-52(40)66-55(54)63(53)47-33-44-45(61(14,15)26-25-60(44,12)13)34-49(47)64(50)39-20-21-41-42(31-39)58(8,9)23-22-57(41,6)7/h18-21,28-35H,22-27H2,1-17H3. The Hall–Kier alpha value is -4.70. The molecule has 0 atom stereocenters. The predicted molar refractivity (Wildman–Crippen MR) is 284 cm³/mol. The Morgan fingerprint density at radius 2 is 0.985 bits per heavy atom. The molecule has 342 valence electrons. The summed E-state index contributed by atoms with van der Waals surface area (Å²) in [5.74, 6) is 0. The number of nitrogens with zero attached hydrogens (tertiary/aromatic N) is 2. The first kappa shape index (κ1) is 43.8. The Morgan fingerprint density at radius 1 is 0.485 bits per heavy atom. The molecule has 0 fully saturated rings. The van der Waals surface area contributed by atoms with Crippen LogP contribution in [0.4, 0.5) is 34.1 Å². The van der Waals surface area contributed by atoms with Crippen LogP contribution >= 0.6 is 0 Å². The Morgan fingerprint density at radius 3 is 1.56 bits per heavy atom. The van der Waals surface area contributed by atoms with Crippen LogP contribution < -0.4 is 26.4 Å². The number of rotatable bonds is 2. The largest absolute Gasteiger partial charge is 0.468 e. The van der Waals surface area contributed by atoms with Gasteiger partial charge in [-0.05, 0) is 200 Å². The highest BCUT2D eigenvalue weighted by atomic mass is 16.3. The Kier molecular flexibility index (Phi) is 8.97. The normalized spacial score (nSPS) is 21.1. The minimum Gasteiger partial charge on any atom is -0.468 e. The fourth-order valence-electron chi connectivity index (χ4n) is 13.3.